The van der Waals surface area contributed by atoms with Crippen LogP contribution in [0.15, 0.2) is 12.2 Å². The number of allylic oxidation sites excluding steroid dienone is 1. The average Bonchev–Trinajstić information content (AvgIpc) is 2.63. The van der Waals surface area contributed by atoms with E-state index in [1.807, 2.05) is 0 Å². The van der Waals surface area contributed by atoms with Crippen molar-refractivity contribution in [2.24, 2.45) is 0 Å². The monoisotopic (exact) mass is 473 g/mol. The molecule has 11 nitrogen and oxygen atoms in total. The van der Waals surface area contributed by atoms with E-state index in [0.29, 0.717) is 17.9 Å². The molecule has 0 unspecified atom stereocenters. The quantitative estimate of drug-likeness (QED) is 0.152. The minimum atomic E-state index is -1.21. The van der Waals surface area contributed by atoms with Crippen molar-refractivity contribution in [1.29, 1.82) is 0 Å². The Kier molecular flexibility index (Phi) is 12.8. The van der Waals surface area contributed by atoms with Gasteiger partial charge in [-0.05, 0) is 61.3 Å². The molecule has 0 aromatic heterocycles. The number of carbonyl (C=O) groups excluding carboxylic acids is 5. The second-order valence-corrected chi connectivity index (χ2v) is 8.82. The third kappa shape index (κ3) is 17.2. The Morgan fingerprint density at radius 1 is 0.879 bits per heavy atom. The number of Topliss-reactive ketones (excluding diaryl/α,β-unsaturated/α-hetero) is 1. The molecule has 0 N–H and O–H groups in total. The van der Waals surface area contributed by atoms with E-state index in [-0.39, 0.29) is 18.8 Å². The Morgan fingerprint density at radius 3 is 2.03 bits per heavy atom. The Bertz CT molecular complexity index is 716. The molecule has 188 valence electrons. The molecular formula is C22H35NO10. The number of carbonyl (C=O) groups is 5. The molecule has 0 fully saturated rings. The molecule has 0 aromatic carbocycles. The highest BCUT2D eigenvalue weighted by Crippen LogP contribution is 2.13. The highest BCUT2D eigenvalue weighted by molar-refractivity contribution is 5.84. The lowest BCUT2D eigenvalue weighted by Gasteiger charge is -2.26. The van der Waals surface area contributed by atoms with Gasteiger partial charge in [0.05, 0.1) is 6.61 Å². The van der Waals surface area contributed by atoms with Gasteiger partial charge < -0.3 is 18.9 Å². The van der Waals surface area contributed by atoms with Crippen LogP contribution in [0.4, 0.5) is 9.59 Å². The van der Waals surface area contributed by atoms with Gasteiger partial charge in [0.15, 0.2) is 12.3 Å². The normalized spacial score (nSPS) is 11.5. The van der Waals surface area contributed by atoms with Crippen molar-refractivity contribution in [3.05, 3.63) is 12.2 Å². The summed E-state index contributed by atoms with van der Waals surface area (Å²) in [4.78, 5) is 64.1. The van der Waals surface area contributed by atoms with Gasteiger partial charge in [-0.25, -0.2) is 19.2 Å². The molecule has 0 saturated heterocycles. The summed E-state index contributed by atoms with van der Waals surface area (Å²) in [5, 5.41) is 0.367. The summed E-state index contributed by atoms with van der Waals surface area (Å²) in [6, 6.07) is 0. The van der Waals surface area contributed by atoms with Crippen molar-refractivity contribution in [2.75, 3.05) is 19.8 Å². The van der Waals surface area contributed by atoms with Crippen molar-refractivity contribution < 1.29 is 47.8 Å². The molecule has 0 rings (SSSR count). The molecule has 0 aliphatic heterocycles. The standard InChI is InChI=1S/C22H35NO10/c1-8-29-17(25)13-11-9-10-12-16(24)15-30-18(26)14-23(19(27)31-21(2,3)4)33-20(28)32-22(5,6)7/h11,13H,8-10,12,14-15H2,1-7H3/b13-11+. The van der Waals surface area contributed by atoms with E-state index in [2.05, 4.69) is 0 Å². The van der Waals surface area contributed by atoms with E-state index >= 15 is 0 Å². The number of ketones is 1. The summed E-state index contributed by atoms with van der Waals surface area (Å²) in [5.41, 5.74) is -1.82. The fraction of sp³-hybridized carbons (Fsp3) is 0.682. The van der Waals surface area contributed by atoms with Gasteiger partial charge >= 0.3 is 24.2 Å². The smallest absolute Gasteiger partial charge is 0.463 e. The van der Waals surface area contributed by atoms with Gasteiger partial charge in [0.25, 0.3) is 0 Å². The maximum absolute atomic E-state index is 12.3. The van der Waals surface area contributed by atoms with Gasteiger partial charge in [-0.3, -0.25) is 9.63 Å². The van der Waals surface area contributed by atoms with Crippen LogP contribution in [0, 0.1) is 0 Å². The lowest BCUT2D eigenvalue weighted by molar-refractivity contribution is -0.166. The number of unbranched alkanes of at least 4 members (excludes halogenated alkanes) is 1. The van der Waals surface area contributed by atoms with Crippen LogP contribution < -0.4 is 0 Å². The highest BCUT2D eigenvalue weighted by Gasteiger charge is 2.30. The molecule has 0 spiro atoms. The maximum atomic E-state index is 12.3. The fourth-order valence-electron chi connectivity index (χ4n) is 1.99. The van der Waals surface area contributed by atoms with Gasteiger partial charge in [0.2, 0.25) is 0 Å². The zero-order valence-corrected chi connectivity index (χ0v) is 20.4. The molecule has 0 radical (unpaired) electrons. The number of amides is 1. The number of nitrogens with zero attached hydrogens (tertiary/aromatic N) is 1. The minimum Gasteiger partial charge on any atom is -0.463 e. The third-order valence-electron chi connectivity index (χ3n) is 3.21. The van der Waals surface area contributed by atoms with Crippen molar-refractivity contribution in [3.63, 3.8) is 0 Å². The van der Waals surface area contributed by atoms with Crippen molar-refractivity contribution in [1.82, 2.24) is 5.06 Å². The number of hydrogen-bond donors (Lipinski definition) is 0. The predicted molar refractivity (Wildman–Crippen MR) is 116 cm³/mol. The fourth-order valence-corrected chi connectivity index (χ4v) is 1.99. The number of hydroxylamine groups is 2. The van der Waals surface area contributed by atoms with Crippen molar-refractivity contribution in [3.8, 4) is 0 Å². The molecule has 0 aliphatic carbocycles. The molecule has 0 atom stereocenters. The third-order valence-corrected chi connectivity index (χ3v) is 3.21. The van der Waals surface area contributed by atoms with E-state index in [0.717, 1.165) is 0 Å². The van der Waals surface area contributed by atoms with Crippen molar-refractivity contribution >= 4 is 30.0 Å². The Hall–Kier alpha value is -3.11. The predicted octanol–water partition coefficient (Wildman–Crippen LogP) is 3.49. The van der Waals surface area contributed by atoms with Gasteiger partial charge in [-0.2, -0.15) is 0 Å². The second-order valence-electron chi connectivity index (χ2n) is 8.82. The Morgan fingerprint density at radius 2 is 1.48 bits per heavy atom. The molecule has 33 heavy (non-hydrogen) atoms. The maximum Gasteiger partial charge on any atom is 0.534 e. The molecule has 0 saturated carbocycles. The van der Waals surface area contributed by atoms with E-state index < -0.39 is 48.5 Å². The summed E-state index contributed by atoms with van der Waals surface area (Å²) in [7, 11) is 0. The van der Waals surface area contributed by atoms with Crippen LogP contribution in [0.25, 0.3) is 0 Å². The van der Waals surface area contributed by atoms with E-state index in [9.17, 15) is 24.0 Å². The van der Waals surface area contributed by atoms with Crippen LogP contribution in [0.3, 0.4) is 0 Å². The number of esters is 2. The zero-order valence-electron chi connectivity index (χ0n) is 20.4. The summed E-state index contributed by atoms with van der Waals surface area (Å²) in [6.07, 6.45) is 1.57. The van der Waals surface area contributed by atoms with E-state index in [1.165, 1.54) is 6.08 Å². The van der Waals surface area contributed by atoms with E-state index in [1.54, 1.807) is 54.5 Å². The van der Waals surface area contributed by atoms with Gasteiger partial charge in [-0.1, -0.05) is 6.08 Å². The SMILES string of the molecule is CCOC(=O)/C=C/CCCC(=O)COC(=O)CN(OC(=O)OC(C)(C)C)C(=O)OC(C)(C)C. The van der Waals surface area contributed by atoms with Crippen LogP contribution >= 0.6 is 0 Å². The topological polar surface area (TPSA) is 135 Å². The Balaban J connectivity index is 4.67. The van der Waals surface area contributed by atoms with Crippen LogP contribution in [0.2, 0.25) is 0 Å². The molecule has 0 heterocycles. The molecule has 0 aromatic rings. The van der Waals surface area contributed by atoms with E-state index in [4.69, 9.17) is 23.8 Å². The average molecular weight is 474 g/mol. The molecular weight excluding hydrogens is 438 g/mol. The zero-order chi connectivity index (χ0) is 25.7. The first-order chi connectivity index (χ1) is 15.1. The molecule has 1 amide bonds. The van der Waals surface area contributed by atoms with Crippen LogP contribution in [-0.4, -0.2) is 66.0 Å². The van der Waals surface area contributed by atoms with Crippen LogP contribution in [0.5, 0.6) is 0 Å². The molecule has 0 aliphatic rings. The minimum absolute atomic E-state index is 0.116. The lowest BCUT2D eigenvalue weighted by atomic mass is 10.2. The Labute approximate surface area is 194 Å². The first-order valence-electron chi connectivity index (χ1n) is 10.5. The van der Waals surface area contributed by atoms with Crippen LogP contribution in [0.1, 0.15) is 67.7 Å². The number of ether oxygens (including phenoxy) is 4. The van der Waals surface area contributed by atoms with Gasteiger partial charge in [0.1, 0.15) is 17.8 Å². The number of hydrogen-bond acceptors (Lipinski definition) is 10. The van der Waals surface area contributed by atoms with Gasteiger partial charge in [0, 0.05) is 12.5 Å². The summed E-state index contributed by atoms with van der Waals surface area (Å²) >= 11 is 0. The second kappa shape index (κ2) is 14.1. The summed E-state index contributed by atoms with van der Waals surface area (Å²) < 4.78 is 19.7. The highest BCUT2D eigenvalue weighted by atomic mass is 16.8. The molecule has 0 bridgehead atoms. The summed E-state index contributed by atoms with van der Waals surface area (Å²) in [5.74, 6) is -1.80. The van der Waals surface area contributed by atoms with Crippen LogP contribution in [-0.2, 0) is 38.2 Å². The first-order valence-corrected chi connectivity index (χ1v) is 10.5. The summed E-state index contributed by atoms with van der Waals surface area (Å²) in [6.45, 7) is 10.2. The number of rotatable bonds is 10. The lowest BCUT2D eigenvalue weighted by Crippen LogP contribution is -2.42. The van der Waals surface area contributed by atoms with Gasteiger partial charge in [-0.15, -0.1) is 5.06 Å². The first kappa shape index (κ1) is 29.9. The molecule has 11 heteroatoms. The van der Waals surface area contributed by atoms with Crippen molar-refractivity contribution in [2.45, 2.75) is 78.9 Å². The largest absolute Gasteiger partial charge is 0.534 e.